The first-order valence-electron chi connectivity index (χ1n) is 44.3. The number of furan rings is 3. The summed E-state index contributed by atoms with van der Waals surface area (Å²) in [6.45, 7) is 0. The minimum atomic E-state index is 0.916. The largest absolute Gasteiger partial charge is 0.456 e. The van der Waals surface area contributed by atoms with E-state index in [1.807, 2.05) is 36.4 Å². The Balaban J connectivity index is 0.000000105. The first-order chi connectivity index (χ1) is 64.0. The highest BCUT2D eigenvalue weighted by atomic mass is 16.3. The molecule has 0 aliphatic carbocycles. The van der Waals surface area contributed by atoms with Gasteiger partial charge in [0.05, 0.1) is 0 Å². The second-order valence-electron chi connectivity index (χ2n) is 33.8. The highest BCUT2D eigenvalue weighted by Gasteiger charge is 2.24. The third-order valence-corrected chi connectivity index (χ3v) is 26.5. The standard InChI is InChI=1S/3C42H26O/c1-2-11-28-24-30(21-20-27(28)10-1)29-12-9-13-31(25-29)41-34-15-3-5-17-36(34)42(37-18-6-4-16-35(37)41)32-22-23-40-38(26-32)33-14-7-8-19-39(33)43-40;1-2-10-30-25-31(22-19-27(30)9-1)28-17-20-29(21-18-28)41-34-12-3-5-14-36(34)42(37-15-6-4-13-35(37)41)32-23-24-40-38(26-32)33-11-7-8-16-39(33)43-40;1-2-12-28-25-29(22-21-27(28)11-1)31-13-3-4-15-33(31)42-36-18-7-5-16-34(36)41(35-17-6-8-19-37(35)42)30-23-24-40-38(26-30)32-14-9-10-20-39(32)43-40/h3*1-26H. The molecule has 0 amide bonds. The second-order valence-corrected chi connectivity index (χ2v) is 33.8. The average Bonchev–Trinajstić information content (AvgIpc) is 1.46. The number of para-hydroxylation sites is 3. The van der Waals surface area contributed by atoms with Gasteiger partial charge in [-0.15, -0.1) is 0 Å². The molecule has 0 radical (unpaired) electrons. The third kappa shape index (κ3) is 12.9. The molecule has 3 aromatic heterocycles. The van der Waals surface area contributed by atoms with E-state index in [-0.39, 0.29) is 0 Å². The van der Waals surface area contributed by atoms with E-state index in [1.54, 1.807) is 0 Å². The molecule has 0 fully saturated rings. The molecule has 600 valence electrons. The zero-order valence-electron chi connectivity index (χ0n) is 70.3. The molecule has 0 atom stereocenters. The fourth-order valence-electron chi connectivity index (χ4n) is 20.6. The summed E-state index contributed by atoms with van der Waals surface area (Å²) in [5.74, 6) is 0. The number of rotatable bonds is 9. The zero-order chi connectivity index (χ0) is 85.0. The Labute approximate surface area is 744 Å². The summed E-state index contributed by atoms with van der Waals surface area (Å²) in [5.41, 5.74) is 27.8. The minimum Gasteiger partial charge on any atom is -0.456 e. The van der Waals surface area contributed by atoms with E-state index in [4.69, 9.17) is 13.3 Å². The zero-order valence-corrected chi connectivity index (χ0v) is 70.3. The fraction of sp³-hybridized carbons (Fsp3) is 0. The Morgan fingerprint density at radius 3 is 0.690 bits per heavy atom. The summed E-state index contributed by atoms with van der Waals surface area (Å²) in [4.78, 5) is 0. The van der Waals surface area contributed by atoms with Crippen LogP contribution in [0.5, 0.6) is 0 Å². The van der Waals surface area contributed by atoms with Crippen molar-refractivity contribution in [2.24, 2.45) is 0 Å². The van der Waals surface area contributed by atoms with Gasteiger partial charge in [-0.25, -0.2) is 0 Å². The first-order valence-corrected chi connectivity index (χ1v) is 44.3. The van der Waals surface area contributed by atoms with Crippen LogP contribution in [0.15, 0.2) is 486 Å². The van der Waals surface area contributed by atoms with Gasteiger partial charge in [0.2, 0.25) is 0 Å². The van der Waals surface area contributed by atoms with Gasteiger partial charge >= 0.3 is 0 Å². The second kappa shape index (κ2) is 31.1. The fourth-order valence-corrected chi connectivity index (χ4v) is 20.6. The molecule has 3 heterocycles. The van der Waals surface area contributed by atoms with Crippen LogP contribution in [0, 0.1) is 0 Å². The van der Waals surface area contributed by atoms with E-state index in [1.165, 1.54) is 197 Å². The average molecular weight is 1640 g/mol. The Kier molecular flexibility index (Phi) is 18.0. The SMILES string of the molecule is c1cc(-c2ccc3ccccc3c2)cc(-c2c3ccccc3c(-c3ccc4oc5ccccc5c4c3)c3ccccc23)c1.c1ccc(-c2c3ccccc3c(-c3ccc4oc5ccccc5c4c3)c3ccccc23)c(-c2ccc3ccccc3c2)c1.c1ccc2cc(-c3ccc(-c4c5ccccc5c(-c5ccc6oc7ccccc7c6c5)c5ccccc45)cc3)ccc2c1. The molecule has 0 aliphatic rings. The van der Waals surface area contributed by atoms with E-state index in [9.17, 15) is 0 Å². The molecule has 3 nitrogen and oxygen atoms in total. The molecular weight excluding hydrogens is 1560 g/mol. The molecule has 24 aromatic carbocycles. The molecule has 27 rings (SSSR count). The minimum absolute atomic E-state index is 0.916. The number of hydrogen-bond donors (Lipinski definition) is 0. The van der Waals surface area contributed by atoms with Crippen molar-refractivity contribution in [1.29, 1.82) is 0 Å². The van der Waals surface area contributed by atoms with Gasteiger partial charge in [0.1, 0.15) is 33.5 Å². The number of benzene rings is 24. The van der Waals surface area contributed by atoms with Crippen LogP contribution in [0.4, 0.5) is 0 Å². The molecule has 0 unspecified atom stereocenters. The van der Waals surface area contributed by atoms with Crippen molar-refractivity contribution in [1.82, 2.24) is 0 Å². The van der Waals surface area contributed by atoms with Gasteiger partial charge in [-0.2, -0.15) is 0 Å². The van der Waals surface area contributed by atoms with Gasteiger partial charge in [-0.1, -0.05) is 394 Å². The normalized spacial score (nSPS) is 11.7. The molecule has 0 spiro atoms. The summed E-state index contributed by atoms with van der Waals surface area (Å²) >= 11 is 0. The molecule has 0 saturated heterocycles. The van der Waals surface area contributed by atoms with Crippen molar-refractivity contribution in [3.8, 4) is 100 Å². The maximum absolute atomic E-state index is 6.18. The van der Waals surface area contributed by atoms with Crippen molar-refractivity contribution in [2.75, 3.05) is 0 Å². The molecule has 3 heteroatoms. The van der Waals surface area contributed by atoms with Crippen molar-refractivity contribution in [2.45, 2.75) is 0 Å². The third-order valence-electron chi connectivity index (χ3n) is 26.5. The summed E-state index contributed by atoms with van der Waals surface area (Å²) in [6.07, 6.45) is 0. The maximum Gasteiger partial charge on any atom is 0.135 e. The lowest BCUT2D eigenvalue weighted by Crippen LogP contribution is -1.92. The smallest absolute Gasteiger partial charge is 0.135 e. The van der Waals surface area contributed by atoms with Crippen LogP contribution in [0.2, 0.25) is 0 Å². The van der Waals surface area contributed by atoms with E-state index in [0.717, 1.165) is 65.8 Å². The Morgan fingerprint density at radius 1 is 0.101 bits per heavy atom. The van der Waals surface area contributed by atoms with Crippen LogP contribution >= 0.6 is 0 Å². The van der Waals surface area contributed by atoms with Crippen molar-refractivity contribution in [3.63, 3.8) is 0 Å². The van der Waals surface area contributed by atoms with Gasteiger partial charge < -0.3 is 13.3 Å². The summed E-state index contributed by atoms with van der Waals surface area (Å²) < 4.78 is 18.5. The predicted molar refractivity (Wildman–Crippen MR) is 548 cm³/mol. The van der Waals surface area contributed by atoms with Crippen LogP contribution in [0.3, 0.4) is 0 Å². The Bertz CT molecular complexity index is 9040. The first kappa shape index (κ1) is 74.6. The Hall–Kier alpha value is -17.0. The van der Waals surface area contributed by atoms with E-state index >= 15 is 0 Å². The van der Waals surface area contributed by atoms with Crippen molar-refractivity contribution < 1.29 is 13.3 Å². The van der Waals surface area contributed by atoms with Crippen LogP contribution in [0.25, 0.3) is 263 Å². The van der Waals surface area contributed by atoms with Gasteiger partial charge in [0.25, 0.3) is 0 Å². The highest BCUT2D eigenvalue weighted by Crippen LogP contribution is 2.51. The van der Waals surface area contributed by atoms with E-state index < -0.39 is 0 Å². The van der Waals surface area contributed by atoms with Gasteiger partial charge in [0.15, 0.2) is 0 Å². The molecule has 0 saturated carbocycles. The van der Waals surface area contributed by atoms with E-state index in [0.29, 0.717) is 0 Å². The summed E-state index contributed by atoms with van der Waals surface area (Å²) in [7, 11) is 0. The monoisotopic (exact) mass is 1640 g/mol. The predicted octanol–water partition coefficient (Wildman–Crippen LogP) is 36.1. The summed E-state index contributed by atoms with van der Waals surface area (Å²) in [6, 6.07) is 171. The number of hydrogen-bond acceptors (Lipinski definition) is 3. The lowest BCUT2D eigenvalue weighted by Gasteiger charge is -2.20. The number of fused-ring (bicyclic) bond motifs is 18. The lowest BCUT2D eigenvalue weighted by molar-refractivity contribution is 0.668. The quantitative estimate of drug-likeness (QED) is 0.135. The Morgan fingerprint density at radius 2 is 0.326 bits per heavy atom. The van der Waals surface area contributed by atoms with Gasteiger partial charge in [-0.05, 0) is 276 Å². The molecular formula is C126H78O3. The molecule has 27 aromatic rings. The van der Waals surface area contributed by atoms with Crippen molar-refractivity contribution in [3.05, 3.63) is 473 Å². The molecule has 0 aliphatic heterocycles. The topological polar surface area (TPSA) is 39.4 Å². The van der Waals surface area contributed by atoms with Gasteiger partial charge in [-0.3, -0.25) is 0 Å². The highest BCUT2D eigenvalue weighted by molar-refractivity contribution is 6.26. The van der Waals surface area contributed by atoms with Crippen LogP contribution in [0.1, 0.15) is 0 Å². The summed E-state index contributed by atoms with van der Waals surface area (Å²) in [5, 5.41) is 29.5. The van der Waals surface area contributed by atoms with Crippen LogP contribution in [-0.2, 0) is 0 Å². The lowest BCUT2D eigenvalue weighted by atomic mass is 9.83. The molecule has 0 bridgehead atoms. The molecule has 0 N–H and O–H groups in total. The van der Waals surface area contributed by atoms with Gasteiger partial charge in [0, 0.05) is 32.3 Å². The molecule has 129 heavy (non-hydrogen) atoms. The van der Waals surface area contributed by atoms with Crippen molar-refractivity contribution >= 4 is 163 Å². The van der Waals surface area contributed by atoms with Crippen LogP contribution in [-0.4, -0.2) is 0 Å². The van der Waals surface area contributed by atoms with Crippen LogP contribution < -0.4 is 0 Å². The maximum atomic E-state index is 6.18. The van der Waals surface area contributed by atoms with E-state index in [2.05, 4.69) is 437 Å².